The van der Waals surface area contributed by atoms with Crippen molar-refractivity contribution in [3.8, 4) is 0 Å². The lowest BCUT2D eigenvalue weighted by atomic mass is 9.93. The molecule has 0 unspecified atom stereocenters. The molecular weight excluding hydrogens is 148 g/mol. The molecule has 1 heterocycles. The van der Waals surface area contributed by atoms with Crippen molar-refractivity contribution in [3.63, 3.8) is 0 Å². The van der Waals surface area contributed by atoms with Gasteiger partial charge in [0.1, 0.15) is 6.54 Å². The number of rotatable bonds is 3. The molecule has 0 aromatic carbocycles. The van der Waals surface area contributed by atoms with Crippen LogP contribution in [0.1, 0.15) is 24.8 Å². The quantitative estimate of drug-likeness (QED) is 0.698. The Morgan fingerprint density at radius 3 is 3.00 bits per heavy atom. The summed E-state index contributed by atoms with van der Waals surface area (Å²) in [5.74, 6) is 0. The summed E-state index contributed by atoms with van der Waals surface area (Å²) in [7, 11) is 0. The summed E-state index contributed by atoms with van der Waals surface area (Å²) in [5.41, 5.74) is 1.34. The van der Waals surface area contributed by atoms with Crippen LogP contribution in [-0.2, 0) is 6.54 Å². The second-order valence-corrected chi connectivity index (χ2v) is 3.49. The predicted octanol–water partition coefficient (Wildman–Crippen LogP) is 0.697. The number of nitrogens with two attached hydrogens (primary N) is 1. The highest BCUT2D eigenvalue weighted by molar-refractivity contribution is 5.06. The maximum Gasteiger partial charge on any atom is 0.103 e. The third kappa shape index (κ3) is 1.83. The molecule has 0 amide bonds. The van der Waals surface area contributed by atoms with Crippen molar-refractivity contribution in [2.45, 2.75) is 31.8 Å². The predicted molar refractivity (Wildman–Crippen MR) is 47.5 cm³/mol. The average Bonchev–Trinajstić information content (AvgIpc) is 2.04. The Kier molecular flexibility index (Phi) is 2.37. The zero-order valence-corrected chi connectivity index (χ0v) is 7.24. The second-order valence-electron chi connectivity index (χ2n) is 3.49. The fourth-order valence-corrected chi connectivity index (χ4v) is 1.50. The van der Waals surface area contributed by atoms with E-state index in [1.807, 2.05) is 18.5 Å². The fourth-order valence-electron chi connectivity index (χ4n) is 1.50. The molecule has 0 radical (unpaired) electrons. The summed E-state index contributed by atoms with van der Waals surface area (Å²) in [5, 5.41) is 2.43. The van der Waals surface area contributed by atoms with Gasteiger partial charge in [0.2, 0.25) is 0 Å². The number of quaternary nitrogens is 1. The third-order valence-electron chi connectivity index (χ3n) is 2.56. The lowest BCUT2D eigenvalue weighted by Crippen LogP contribution is -2.90. The van der Waals surface area contributed by atoms with Crippen LogP contribution in [0.25, 0.3) is 0 Å². The normalized spacial score (nSPS) is 17.3. The smallest absolute Gasteiger partial charge is 0.103 e. The van der Waals surface area contributed by atoms with Gasteiger partial charge in [0.05, 0.1) is 6.04 Å². The molecule has 0 saturated heterocycles. The van der Waals surface area contributed by atoms with Crippen molar-refractivity contribution in [2.24, 2.45) is 0 Å². The second kappa shape index (κ2) is 3.68. The molecule has 2 N–H and O–H groups in total. The van der Waals surface area contributed by atoms with E-state index in [9.17, 15) is 0 Å². The van der Waals surface area contributed by atoms with Crippen LogP contribution < -0.4 is 5.32 Å². The molecule has 1 fully saturated rings. The Bertz CT molecular complexity index is 229. The van der Waals surface area contributed by atoms with Crippen molar-refractivity contribution < 1.29 is 5.32 Å². The Hall–Kier alpha value is -0.890. The van der Waals surface area contributed by atoms with Crippen LogP contribution in [0.15, 0.2) is 24.5 Å². The van der Waals surface area contributed by atoms with Crippen molar-refractivity contribution in [3.05, 3.63) is 30.1 Å². The summed E-state index contributed by atoms with van der Waals surface area (Å²) in [6.45, 7) is 1.10. The van der Waals surface area contributed by atoms with E-state index in [0.29, 0.717) is 0 Å². The molecule has 0 aliphatic heterocycles. The molecule has 64 valence electrons. The molecule has 1 aliphatic carbocycles. The number of hydrogen-bond donors (Lipinski definition) is 1. The van der Waals surface area contributed by atoms with E-state index in [1.165, 1.54) is 24.8 Å². The van der Waals surface area contributed by atoms with Gasteiger partial charge in [-0.2, -0.15) is 0 Å². The van der Waals surface area contributed by atoms with Gasteiger partial charge in [0.25, 0.3) is 0 Å². The van der Waals surface area contributed by atoms with E-state index in [1.54, 1.807) is 0 Å². The summed E-state index contributed by atoms with van der Waals surface area (Å²) in [6.07, 6.45) is 8.01. The van der Waals surface area contributed by atoms with E-state index >= 15 is 0 Å². The van der Waals surface area contributed by atoms with E-state index in [0.717, 1.165) is 12.6 Å². The minimum Gasteiger partial charge on any atom is -0.340 e. The number of pyridine rings is 1. The first-order valence-electron chi connectivity index (χ1n) is 4.67. The summed E-state index contributed by atoms with van der Waals surface area (Å²) in [6, 6.07) is 5.04. The first-order chi connectivity index (χ1) is 5.95. The van der Waals surface area contributed by atoms with Crippen LogP contribution in [0, 0.1) is 0 Å². The Balaban J connectivity index is 1.79. The summed E-state index contributed by atoms with van der Waals surface area (Å²) >= 11 is 0. The van der Waals surface area contributed by atoms with E-state index in [2.05, 4.69) is 16.4 Å². The van der Waals surface area contributed by atoms with E-state index in [4.69, 9.17) is 0 Å². The summed E-state index contributed by atoms with van der Waals surface area (Å²) in [4.78, 5) is 4.09. The van der Waals surface area contributed by atoms with Crippen molar-refractivity contribution >= 4 is 0 Å². The van der Waals surface area contributed by atoms with Gasteiger partial charge in [-0.3, -0.25) is 4.98 Å². The van der Waals surface area contributed by atoms with E-state index < -0.39 is 0 Å². The maximum atomic E-state index is 4.09. The average molecular weight is 163 g/mol. The minimum absolute atomic E-state index is 0.894. The van der Waals surface area contributed by atoms with Crippen molar-refractivity contribution in [1.82, 2.24) is 4.98 Å². The SMILES string of the molecule is c1cncc(C[NH2+]C2CCC2)c1. The lowest BCUT2D eigenvalue weighted by Gasteiger charge is -2.22. The molecule has 1 aromatic rings. The van der Waals surface area contributed by atoms with Gasteiger partial charge in [-0.15, -0.1) is 0 Å². The molecule has 1 saturated carbocycles. The molecule has 12 heavy (non-hydrogen) atoms. The van der Waals surface area contributed by atoms with Gasteiger partial charge >= 0.3 is 0 Å². The van der Waals surface area contributed by atoms with Crippen LogP contribution in [0.3, 0.4) is 0 Å². The topological polar surface area (TPSA) is 29.5 Å². The molecule has 1 aliphatic rings. The first kappa shape index (κ1) is 7.74. The molecule has 0 spiro atoms. The Morgan fingerprint density at radius 2 is 2.42 bits per heavy atom. The summed E-state index contributed by atoms with van der Waals surface area (Å²) < 4.78 is 0. The monoisotopic (exact) mass is 163 g/mol. The Morgan fingerprint density at radius 1 is 1.50 bits per heavy atom. The zero-order valence-electron chi connectivity index (χ0n) is 7.24. The van der Waals surface area contributed by atoms with Gasteiger partial charge in [0, 0.05) is 18.0 Å². The van der Waals surface area contributed by atoms with Crippen LogP contribution in [0.2, 0.25) is 0 Å². The van der Waals surface area contributed by atoms with Gasteiger partial charge in [-0.05, 0) is 25.3 Å². The van der Waals surface area contributed by atoms with Gasteiger partial charge < -0.3 is 5.32 Å². The highest BCUT2D eigenvalue weighted by Gasteiger charge is 2.19. The maximum absolute atomic E-state index is 4.09. The van der Waals surface area contributed by atoms with Crippen LogP contribution in [0.5, 0.6) is 0 Å². The van der Waals surface area contributed by atoms with Gasteiger partial charge in [0.15, 0.2) is 0 Å². The fraction of sp³-hybridized carbons (Fsp3) is 0.500. The number of aromatic nitrogens is 1. The third-order valence-corrected chi connectivity index (χ3v) is 2.56. The largest absolute Gasteiger partial charge is 0.340 e. The molecular formula is C10H15N2+. The minimum atomic E-state index is 0.894. The highest BCUT2D eigenvalue weighted by atomic mass is 14.9. The first-order valence-corrected chi connectivity index (χ1v) is 4.67. The van der Waals surface area contributed by atoms with Crippen LogP contribution in [-0.4, -0.2) is 11.0 Å². The lowest BCUT2D eigenvalue weighted by molar-refractivity contribution is -0.713. The van der Waals surface area contributed by atoms with Crippen LogP contribution >= 0.6 is 0 Å². The van der Waals surface area contributed by atoms with E-state index in [-0.39, 0.29) is 0 Å². The van der Waals surface area contributed by atoms with Crippen LogP contribution in [0.4, 0.5) is 0 Å². The zero-order chi connectivity index (χ0) is 8.23. The molecule has 1 aromatic heterocycles. The molecule has 0 bridgehead atoms. The molecule has 2 rings (SSSR count). The van der Waals surface area contributed by atoms with Gasteiger partial charge in [-0.25, -0.2) is 0 Å². The highest BCUT2D eigenvalue weighted by Crippen LogP contribution is 2.14. The van der Waals surface area contributed by atoms with Crippen molar-refractivity contribution in [2.75, 3.05) is 0 Å². The van der Waals surface area contributed by atoms with Gasteiger partial charge in [-0.1, -0.05) is 6.07 Å². The molecule has 2 heteroatoms. The molecule has 2 nitrogen and oxygen atoms in total. The molecule has 0 atom stereocenters. The number of nitrogens with zero attached hydrogens (tertiary/aromatic N) is 1. The Labute approximate surface area is 73.0 Å². The standard InChI is InChI=1S/C10H14N2/c1-4-10(5-1)12-8-9-3-2-6-11-7-9/h2-3,6-7,10,12H,1,4-5,8H2/p+1. The number of hydrogen-bond acceptors (Lipinski definition) is 1. The van der Waals surface area contributed by atoms with Crippen molar-refractivity contribution in [1.29, 1.82) is 0 Å².